The lowest BCUT2D eigenvalue weighted by atomic mass is 9.80. The van der Waals surface area contributed by atoms with E-state index in [1.807, 2.05) is 0 Å². The molecule has 2 rings (SSSR count). The third-order valence-corrected chi connectivity index (χ3v) is 5.18. The minimum absolute atomic E-state index is 0.408. The summed E-state index contributed by atoms with van der Waals surface area (Å²) in [5.74, 6) is 1.71. The van der Waals surface area contributed by atoms with Gasteiger partial charge in [0.05, 0.1) is 5.60 Å². The Morgan fingerprint density at radius 2 is 1.67 bits per heavy atom. The van der Waals surface area contributed by atoms with Crippen LogP contribution in [0.25, 0.3) is 0 Å². The zero-order chi connectivity index (χ0) is 12.8. The van der Waals surface area contributed by atoms with E-state index in [0.29, 0.717) is 0 Å². The van der Waals surface area contributed by atoms with Gasteiger partial charge in [0.25, 0.3) is 0 Å². The summed E-state index contributed by atoms with van der Waals surface area (Å²) in [7, 11) is 0. The van der Waals surface area contributed by atoms with Crippen molar-refractivity contribution in [3.63, 3.8) is 0 Å². The summed E-state index contributed by atoms with van der Waals surface area (Å²) in [4.78, 5) is 0. The van der Waals surface area contributed by atoms with Gasteiger partial charge in [-0.25, -0.2) is 0 Å². The number of hydrogen-bond donors (Lipinski definition) is 2. The van der Waals surface area contributed by atoms with Crippen LogP contribution >= 0.6 is 0 Å². The molecular formula is C16H31NO. The van der Waals surface area contributed by atoms with Crippen molar-refractivity contribution in [3.05, 3.63) is 0 Å². The molecule has 2 fully saturated rings. The third-order valence-electron chi connectivity index (χ3n) is 5.18. The lowest BCUT2D eigenvalue weighted by Gasteiger charge is -2.32. The third kappa shape index (κ3) is 4.24. The van der Waals surface area contributed by atoms with E-state index in [4.69, 9.17) is 0 Å². The lowest BCUT2D eigenvalue weighted by molar-refractivity contribution is 0.0235. The first-order valence-electron chi connectivity index (χ1n) is 8.13. The van der Waals surface area contributed by atoms with Crippen molar-refractivity contribution in [2.75, 3.05) is 13.1 Å². The average Bonchev–Trinajstić information content (AvgIpc) is 2.57. The maximum Gasteiger partial charge on any atom is 0.0771 e. The summed E-state index contributed by atoms with van der Waals surface area (Å²) in [5, 5.41) is 14.2. The number of rotatable bonds is 4. The second kappa shape index (κ2) is 6.91. The minimum Gasteiger partial charge on any atom is -0.389 e. The topological polar surface area (TPSA) is 32.3 Å². The molecule has 0 aromatic heterocycles. The molecule has 2 nitrogen and oxygen atoms in total. The van der Waals surface area contributed by atoms with Crippen LogP contribution in [0.3, 0.4) is 0 Å². The van der Waals surface area contributed by atoms with Crippen molar-refractivity contribution in [2.45, 2.75) is 76.7 Å². The predicted molar refractivity (Wildman–Crippen MR) is 76.6 cm³/mol. The molecule has 2 aliphatic carbocycles. The molecule has 2 aliphatic rings. The molecule has 2 atom stereocenters. The van der Waals surface area contributed by atoms with E-state index in [9.17, 15) is 5.11 Å². The summed E-state index contributed by atoms with van der Waals surface area (Å²) in [5.41, 5.74) is -0.408. The highest BCUT2D eigenvalue weighted by atomic mass is 16.3. The Bertz CT molecular complexity index is 233. The molecule has 0 aliphatic heterocycles. The standard InChI is InChI=1S/C16H31NO/c1-14-8-4-5-9-15(14)12-17-13-16(18)10-6-2-3-7-11-16/h14-15,17-18H,2-13H2,1H3. The lowest BCUT2D eigenvalue weighted by Crippen LogP contribution is -2.42. The van der Waals surface area contributed by atoms with Crippen LogP contribution < -0.4 is 5.32 Å². The second-order valence-corrected chi connectivity index (χ2v) is 6.79. The number of nitrogens with one attached hydrogen (secondary N) is 1. The highest BCUT2D eigenvalue weighted by molar-refractivity contribution is 4.84. The molecule has 0 heterocycles. The van der Waals surface area contributed by atoms with Crippen molar-refractivity contribution >= 4 is 0 Å². The quantitative estimate of drug-likeness (QED) is 0.752. The van der Waals surface area contributed by atoms with Gasteiger partial charge in [-0.3, -0.25) is 0 Å². The van der Waals surface area contributed by atoms with Crippen LogP contribution in [0.4, 0.5) is 0 Å². The predicted octanol–water partition coefficient (Wildman–Crippen LogP) is 3.49. The van der Waals surface area contributed by atoms with Crippen molar-refractivity contribution < 1.29 is 5.11 Å². The molecule has 0 spiro atoms. The molecule has 18 heavy (non-hydrogen) atoms. The molecule has 2 N–H and O–H groups in total. The van der Waals surface area contributed by atoms with Gasteiger partial charge in [0.1, 0.15) is 0 Å². The van der Waals surface area contributed by atoms with Gasteiger partial charge in [0.2, 0.25) is 0 Å². The fraction of sp³-hybridized carbons (Fsp3) is 1.00. The number of hydrogen-bond acceptors (Lipinski definition) is 2. The van der Waals surface area contributed by atoms with E-state index in [-0.39, 0.29) is 0 Å². The van der Waals surface area contributed by atoms with E-state index in [1.165, 1.54) is 51.4 Å². The molecule has 2 heteroatoms. The summed E-state index contributed by atoms with van der Waals surface area (Å²) in [6.45, 7) is 4.32. The molecule has 0 radical (unpaired) electrons. The molecule has 0 bridgehead atoms. The van der Waals surface area contributed by atoms with Gasteiger partial charge in [-0.2, -0.15) is 0 Å². The molecule has 0 amide bonds. The van der Waals surface area contributed by atoms with Gasteiger partial charge in [0.15, 0.2) is 0 Å². The van der Waals surface area contributed by atoms with Crippen molar-refractivity contribution in [1.29, 1.82) is 0 Å². The first-order chi connectivity index (χ1) is 8.70. The Balaban J connectivity index is 1.70. The Labute approximate surface area is 113 Å². The van der Waals surface area contributed by atoms with Crippen LogP contribution in [0, 0.1) is 11.8 Å². The normalized spacial score (nSPS) is 33.0. The van der Waals surface area contributed by atoms with E-state index >= 15 is 0 Å². The van der Waals surface area contributed by atoms with Gasteiger partial charge in [-0.15, -0.1) is 0 Å². The zero-order valence-electron chi connectivity index (χ0n) is 12.1. The van der Waals surface area contributed by atoms with Crippen LogP contribution in [-0.4, -0.2) is 23.8 Å². The number of aliphatic hydroxyl groups is 1. The molecule has 0 aromatic rings. The van der Waals surface area contributed by atoms with Crippen molar-refractivity contribution in [2.24, 2.45) is 11.8 Å². The Morgan fingerprint density at radius 3 is 2.33 bits per heavy atom. The Kier molecular flexibility index (Phi) is 5.50. The largest absolute Gasteiger partial charge is 0.389 e. The maximum absolute atomic E-state index is 10.6. The monoisotopic (exact) mass is 253 g/mol. The highest BCUT2D eigenvalue weighted by Gasteiger charge is 2.28. The summed E-state index contributed by atoms with van der Waals surface area (Å²) in [6, 6.07) is 0. The zero-order valence-corrected chi connectivity index (χ0v) is 12.1. The summed E-state index contributed by atoms with van der Waals surface area (Å²) in [6.07, 6.45) is 12.6. The van der Waals surface area contributed by atoms with Crippen LogP contribution in [0.5, 0.6) is 0 Å². The van der Waals surface area contributed by atoms with Gasteiger partial charge in [-0.1, -0.05) is 51.9 Å². The van der Waals surface area contributed by atoms with E-state index in [1.54, 1.807) is 0 Å². The Hall–Kier alpha value is -0.0800. The summed E-state index contributed by atoms with van der Waals surface area (Å²) < 4.78 is 0. The van der Waals surface area contributed by atoms with E-state index < -0.39 is 5.60 Å². The van der Waals surface area contributed by atoms with Gasteiger partial charge < -0.3 is 10.4 Å². The fourth-order valence-electron chi connectivity index (χ4n) is 3.75. The molecule has 2 saturated carbocycles. The highest BCUT2D eigenvalue weighted by Crippen LogP contribution is 2.30. The molecule has 0 aromatic carbocycles. The molecular weight excluding hydrogens is 222 g/mol. The first-order valence-corrected chi connectivity index (χ1v) is 8.13. The van der Waals surface area contributed by atoms with Crippen molar-refractivity contribution in [1.82, 2.24) is 5.32 Å². The summed E-state index contributed by atoms with van der Waals surface area (Å²) >= 11 is 0. The van der Waals surface area contributed by atoms with Crippen LogP contribution in [-0.2, 0) is 0 Å². The van der Waals surface area contributed by atoms with Crippen LogP contribution in [0.2, 0.25) is 0 Å². The first kappa shape index (κ1) is 14.3. The minimum atomic E-state index is -0.408. The van der Waals surface area contributed by atoms with Crippen LogP contribution in [0.1, 0.15) is 71.1 Å². The smallest absolute Gasteiger partial charge is 0.0771 e. The van der Waals surface area contributed by atoms with E-state index in [0.717, 1.165) is 37.8 Å². The average molecular weight is 253 g/mol. The molecule has 2 unspecified atom stereocenters. The SMILES string of the molecule is CC1CCCCC1CNCC1(O)CCCCCC1. The van der Waals surface area contributed by atoms with Gasteiger partial charge in [-0.05, 0) is 37.6 Å². The van der Waals surface area contributed by atoms with E-state index in [2.05, 4.69) is 12.2 Å². The van der Waals surface area contributed by atoms with Gasteiger partial charge >= 0.3 is 0 Å². The molecule has 0 saturated heterocycles. The van der Waals surface area contributed by atoms with Gasteiger partial charge in [0, 0.05) is 6.54 Å². The Morgan fingerprint density at radius 1 is 1.00 bits per heavy atom. The second-order valence-electron chi connectivity index (χ2n) is 6.79. The molecule has 106 valence electrons. The fourth-order valence-corrected chi connectivity index (χ4v) is 3.75. The maximum atomic E-state index is 10.6. The van der Waals surface area contributed by atoms with Crippen molar-refractivity contribution in [3.8, 4) is 0 Å². The van der Waals surface area contributed by atoms with Crippen LogP contribution in [0.15, 0.2) is 0 Å².